The summed E-state index contributed by atoms with van der Waals surface area (Å²) in [6.45, 7) is 11.6. The van der Waals surface area contributed by atoms with Gasteiger partial charge in [-0.15, -0.1) is 15.3 Å². The molecule has 6 aliphatic rings. The molecule has 3 aliphatic heterocycles. The van der Waals surface area contributed by atoms with Crippen LogP contribution in [0.4, 0.5) is 0 Å². The summed E-state index contributed by atoms with van der Waals surface area (Å²) in [7, 11) is -7.84. The molecule has 30 heteroatoms. The Morgan fingerprint density at radius 2 is 0.875 bits per heavy atom. The largest absolute Gasteiger partial charge is 0.351 e. The summed E-state index contributed by atoms with van der Waals surface area (Å²) in [5.74, 6) is 1.12. The lowest BCUT2D eigenvalue weighted by Gasteiger charge is -2.49. The van der Waals surface area contributed by atoms with Gasteiger partial charge in [-0.05, 0) is 118 Å². The third-order valence-electron chi connectivity index (χ3n) is 17.2. The van der Waals surface area contributed by atoms with Crippen molar-refractivity contribution >= 4 is 82.6 Å². The molecule has 24 nitrogen and oxygen atoms in total. The number of hydrogen-bond acceptors (Lipinski definition) is 15. The molecular weight excluding hydrogens is 1250 g/mol. The van der Waals surface area contributed by atoms with E-state index in [1.165, 1.54) is 45.8 Å². The van der Waals surface area contributed by atoms with E-state index in [9.17, 15) is 39.6 Å². The third-order valence-corrected chi connectivity index (χ3v) is 23.3. The molecule has 3 saturated carbocycles. The van der Waals surface area contributed by atoms with Crippen molar-refractivity contribution in [1.29, 1.82) is 0 Å². The summed E-state index contributed by atoms with van der Waals surface area (Å²) in [6.07, 6.45) is 13.5. The van der Waals surface area contributed by atoms with E-state index in [4.69, 9.17) is 34.8 Å². The maximum atomic E-state index is 12.9. The smallest absolute Gasteiger partial charge is 0.264 e. The quantitative estimate of drug-likeness (QED) is 0.0656. The molecule has 3 amide bonds. The van der Waals surface area contributed by atoms with Crippen molar-refractivity contribution in [2.75, 3.05) is 58.9 Å². The molecule has 3 aliphatic carbocycles. The molecule has 0 radical (unpaired) electrons. The fourth-order valence-electron chi connectivity index (χ4n) is 11.8. The Balaban J connectivity index is 0.000000146. The zero-order chi connectivity index (χ0) is 63.1. The van der Waals surface area contributed by atoms with Crippen molar-refractivity contribution in [3.63, 3.8) is 0 Å². The second-order valence-electron chi connectivity index (χ2n) is 25.0. The Morgan fingerprint density at radius 1 is 0.523 bits per heavy atom. The van der Waals surface area contributed by atoms with E-state index in [2.05, 4.69) is 46.7 Å². The van der Waals surface area contributed by atoms with Gasteiger partial charge in [-0.2, -0.15) is 32.7 Å². The van der Waals surface area contributed by atoms with Crippen LogP contribution in [0.5, 0.6) is 0 Å². The van der Waals surface area contributed by atoms with Gasteiger partial charge in [0.15, 0.2) is 5.03 Å². The number of benzene rings is 3. The highest BCUT2D eigenvalue weighted by atomic mass is 35.5. The number of nitrogens with zero attached hydrogens (tertiary/aromatic N) is 12. The first-order valence-electron chi connectivity index (χ1n) is 29.4. The van der Waals surface area contributed by atoms with E-state index in [0.717, 1.165) is 74.5 Å². The molecule has 3 saturated heterocycles. The van der Waals surface area contributed by atoms with Gasteiger partial charge in [0.2, 0.25) is 10.1 Å². The molecule has 0 bridgehead atoms. The van der Waals surface area contributed by atoms with Crippen LogP contribution < -0.4 is 16.0 Å². The summed E-state index contributed by atoms with van der Waals surface area (Å²) in [4.78, 5) is 40.5. The summed E-state index contributed by atoms with van der Waals surface area (Å²) in [5, 5.41) is 33.4. The van der Waals surface area contributed by atoms with E-state index in [1.54, 1.807) is 50.5 Å². The molecule has 0 atom stereocenters. The van der Waals surface area contributed by atoms with Crippen LogP contribution in [0.1, 0.15) is 112 Å². The SMILES string of the molecule is CCn1ncc(S(=O)(=O)N2CC(CNC(=O)c3ccc(C)cc3Cl)(CC3CC3)C2)n1.Cc1ccc(C(=O)NCC2(CC3CC3)CN(S(=O)(=O)c3cnn(C)n3)C2)c(Cl)c1.Cc1ccc(C(=O)NCC2(CC3CC3)CN(S(=O)(=O)c3cnnn3C)C2)c(Cl)c1. The van der Waals surface area contributed by atoms with E-state index in [1.807, 2.05) is 45.9 Å². The van der Waals surface area contributed by atoms with Crippen LogP contribution in [0.2, 0.25) is 15.1 Å². The Bertz CT molecular complexity index is 3940. The molecular formula is C58H74Cl3N15O9S3. The van der Waals surface area contributed by atoms with Gasteiger partial charge in [0.1, 0.15) is 0 Å². The molecule has 0 unspecified atom stereocenters. The lowest BCUT2D eigenvalue weighted by atomic mass is 9.76. The molecule has 3 aromatic heterocycles. The van der Waals surface area contributed by atoms with Gasteiger partial charge >= 0.3 is 0 Å². The predicted molar refractivity (Wildman–Crippen MR) is 329 cm³/mol. The monoisotopic (exact) mass is 1330 g/mol. The van der Waals surface area contributed by atoms with Crippen molar-refractivity contribution in [3.05, 3.63) is 122 Å². The van der Waals surface area contributed by atoms with Crippen LogP contribution >= 0.6 is 34.8 Å². The molecule has 6 heterocycles. The van der Waals surface area contributed by atoms with Gasteiger partial charge in [0.05, 0.1) is 56.9 Å². The number of aromatic nitrogens is 9. The van der Waals surface area contributed by atoms with Gasteiger partial charge in [-0.3, -0.25) is 14.4 Å². The molecule has 12 rings (SSSR count). The lowest BCUT2D eigenvalue weighted by Crippen LogP contribution is -2.62. The van der Waals surface area contributed by atoms with Crippen molar-refractivity contribution in [2.24, 2.45) is 48.1 Å². The Hall–Kier alpha value is -5.91. The summed E-state index contributed by atoms with van der Waals surface area (Å²) in [6, 6.07) is 16.0. The van der Waals surface area contributed by atoms with Crippen LogP contribution in [-0.4, -0.2) is 160 Å². The second kappa shape index (κ2) is 25.8. The van der Waals surface area contributed by atoms with Crippen molar-refractivity contribution in [1.82, 2.24) is 73.8 Å². The van der Waals surface area contributed by atoms with Crippen LogP contribution in [0.3, 0.4) is 0 Å². The van der Waals surface area contributed by atoms with E-state index >= 15 is 0 Å². The van der Waals surface area contributed by atoms with Crippen molar-refractivity contribution in [2.45, 2.75) is 107 Å². The lowest BCUT2D eigenvalue weighted by molar-refractivity contribution is 0.0502. The molecule has 3 aromatic carbocycles. The maximum Gasteiger partial charge on any atom is 0.264 e. The molecule has 6 aromatic rings. The molecule has 6 fully saturated rings. The zero-order valence-electron chi connectivity index (χ0n) is 50.0. The minimum absolute atomic E-state index is 0.0279. The number of carbonyl (C=O) groups excluding carboxylic acids is 3. The summed E-state index contributed by atoms with van der Waals surface area (Å²) < 4.78 is 82.5. The van der Waals surface area contributed by atoms with E-state index in [0.29, 0.717) is 115 Å². The van der Waals surface area contributed by atoms with Crippen molar-refractivity contribution < 1.29 is 39.6 Å². The Morgan fingerprint density at radius 3 is 1.17 bits per heavy atom. The fourth-order valence-corrected chi connectivity index (χ4v) is 17.5. The van der Waals surface area contributed by atoms with Gasteiger partial charge in [-0.1, -0.05) is 96.7 Å². The number of halogens is 3. The average Bonchev–Trinajstić information content (AvgIpc) is 1.74. The average molecular weight is 1330 g/mol. The normalized spacial score (nSPS) is 18.9. The molecule has 3 N–H and O–H groups in total. The van der Waals surface area contributed by atoms with Crippen LogP contribution in [0.15, 0.2) is 88.3 Å². The number of sulfonamides is 3. The number of hydrogen-bond donors (Lipinski definition) is 3. The number of nitrogens with one attached hydrogen (secondary N) is 3. The van der Waals surface area contributed by atoms with Crippen molar-refractivity contribution in [3.8, 4) is 0 Å². The zero-order valence-corrected chi connectivity index (χ0v) is 54.7. The van der Waals surface area contributed by atoms with Crippen LogP contribution in [0, 0.1) is 54.8 Å². The minimum atomic E-state index is -3.68. The predicted octanol–water partition coefficient (Wildman–Crippen LogP) is 6.48. The van der Waals surface area contributed by atoms with Crippen LogP contribution in [0.25, 0.3) is 0 Å². The minimum Gasteiger partial charge on any atom is -0.351 e. The molecule has 474 valence electrons. The number of carbonyl (C=O) groups is 3. The topological polar surface area (TPSA) is 292 Å². The number of rotatable bonds is 22. The molecule has 88 heavy (non-hydrogen) atoms. The first kappa shape index (κ1) is 65.1. The number of amides is 3. The third kappa shape index (κ3) is 14.9. The Labute approximate surface area is 528 Å². The first-order chi connectivity index (χ1) is 41.6. The van der Waals surface area contributed by atoms with Gasteiger partial charge < -0.3 is 16.0 Å². The van der Waals surface area contributed by atoms with Gasteiger partial charge in [0, 0.05) is 89.2 Å². The number of aryl methyl sites for hydroxylation is 6. The highest BCUT2D eigenvalue weighted by Gasteiger charge is 2.54. The second-order valence-corrected chi connectivity index (χ2v) is 31.9. The standard InChI is InChI=1S/C20H26ClN5O3S.2C19H24ClN5O3S/c1-3-26-23-10-18(24-26)30(28,29)25-12-20(13-25,9-15-5-6-15)11-22-19(27)16-7-4-14(2)8-17(16)21;1-13-3-6-15(16(20)7-13)18(26)21-10-19(8-14-4-5-14)11-25(12-19)29(27,28)17-9-22-23-24(17)2;1-13-3-6-15(16(20)7-13)18(26)21-10-19(8-14-4-5-14)11-25(12-19)29(27,28)17-9-22-24(2)23-17/h4,7-8,10,15H,3,5-6,9,11-13H2,1-2H3,(H,22,27);2*3,6-7,9,14H,4-5,8,10-12H2,1-2H3,(H,21,26). The van der Waals surface area contributed by atoms with E-state index in [-0.39, 0.29) is 49.0 Å². The maximum absolute atomic E-state index is 12.9. The van der Waals surface area contributed by atoms with E-state index < -0.39 is 30.1 Å². The highest BCUT2D eigenvalue weighted by molar-refractivity contribution is 7.89. The highest BCUT2D eigenvalue weighted by Crippen LogP contribution is 2.49. The van der Waals surface area contributed by atoms with Gasteiger partial charge in [-0.25, -0.2) is 29.9 Å². The summed E-state index contributed by atoms with van der Waals surface area (Å²) in [5.41, 5.74) is 3.48. The van der Waals surface area contributed by atoms with Crippen LogP contribution in [-0.2, 0) is 50.7 Å². The van der Waals surface area contributed by atoms with Gasteiger partial charge in [0.25, 0.3) is 47.8 Å². The first-order valence-corrected chi connectivity index (χ1v) is 34.8. The Kier molecular flexibility index (Phi) is 19.0. The fraction of sp³-hybridized carbons (Fsp3) is 0.534. The molecule has 0 spiro atoms. The summed E-state index contributed by atoms with van der Waals surface area (Å²) >= 11 is 18.6.